The quantitative estimate of drug-likeness (QED) is 0.513. The molecule has 0 radical (unpaired) electrons. The van der Waals surface area contributed by atoms with Gasteiger partial charge in [0.1, 0.15) is 0 Å². The molecule has 2 fully saturated rings. The van der Waals surface area contributed by atoms with Crippen LogP contribution < -0.4 is 11.1 Å². The molecule has 122 valence electrons. The number of nitrogens with one attached hydrogen (secondary N) is 1. The van der Waals surface area contributed by atoms with E-state index in [0.717, 1.165) is 32.1 Å². The Morgan fingerprint density at radius 1 is 1.05 bits per heavy atom. The van der Waals surface area contributed by atoms with Crippen LogP contribution in [0.3, 0.4) is 0 Å². The van der Waals surface area contributed by atoms with Crippen LogP contribution in [0.15, 0.2) is 0 Å². The maximum atomic E-state index is 12.4. The van der Waals surface area contributed by atoms with E-state index in [1.807, 2.05) is 0 Å². The average Bonchev–Trinajstić information content (AvgIpc) is 2.37. The van der Waals surface area contributed by atoms with Crippen LogP contribution in [0.25, 0.3) is 0 Å². The van der Waals surface area contributed by atoms with Crippen molar-refractivity contribution in [2.24, 2.45) is 23.0 Å². The third kappa shape index (κ3) is 2.53. The molecule has 22 heavy (non-hydrogen) atoms. The lowest BCUT2D eigenvalue weighted by atomic mass is 9.52. The summed E-state index contributed by atoms with van der Waals surface area (Å²) in [5, 5.41) is 21.1. The number of rotatable bonds is 5. The summed E-state index contributed by atoms with van der Waals surface area (Å²) in [6, 6.07) is -0.101. The van der Waals surface area contributed by atoms with Crippen LogP contribution in [0.2, 0.25) is 0 Å². The van der Waals surface area contributed by atoms with E-state index in [4.69, 9.17) is 10.8 Å². The molecule has 0 aromatic heterocycles. The van der Waals surface area contributed by atoms with Gasteiger partial charge in [-0.15, -0.1) is 0 Å². The fraction of sp³-hybridized carbons (Fsp3) is 0.714. The number of primary amides is 1. The van der Waals surface area contributed by atoms with Crippen molar-refractivity contribution in [3.8, 4) is 0 Å². The normalized spacial score (nSPS) is 31.8. The summed E-state index contributed by atoms with van der Waals surface area (Å²) < 4.78 is 0. The zero-order chi connectivity index (χ0) is 16.5. The minimum Gasteiger partial charge on any atom is -0.481 e. The number of hydrogen-bond acceptors (Lipinski definition) is 4. The molecule has 0 saturated heterocycles. The first-order chi connectivity index (χ1) is 10.3. The van der Waals surface area contributed by atoms with E-state index in [2.05, 4.69) is 5.32 Å². The molecule has 0 aromatic carbocycles. The van der Waals surface area contributed by atoms with Gasteiger partial charge in [-0.05, 0) is 19.3 Å². The fourth-order valence-electron chi connectivity index (χ4n) is 3.53. The van der Waals surface area contributed by atoms with Gasteiger partial charge in [0, 0.05) is 6.04 Å². The average molecular weight is 312 g/mol. The highest BCUT2D eigenvalue weighted by Gasteiger charge is 2.68. The third-order valence-corrected chi connectivity index (χ3v) is 4.85. The van der Waals surface area contributed by atoms with Crippen LogP contribution >= 0.6 is 0 Å². The van der Waals surface area contributed by atoms with Gasteiger partial charge in [-0.1, -0.05) is 19.3 Å². The molecule has 2 aliphatic rings. The summed E-state index contributed by atoms with van der Waals surface area (Å²) in [6.45, 7) is 0. The molecule has 0 aliphatic heterocycles. The second-order valence-corrected chi connectivity index (χ2v) is 6.11. The first kappa shape index (κ1) is 16.3. The largest absolute Gasteiger partial charge is 0.481 e. The lowest BCUT2D eigenvalue weighted by Crippen LogP contribution is -2.66. The molecule has 8 nitrogen and oxygen atoms in total. The Balaban J connectivity index is 2.20. The first-order valence-corrected chi connectivity index (χ1v) is 7.37. The summed E-state index contributed by atoms with van der Waals surface area (Å²) >= 11 is 0. The van der Waals surface area contributed by atoms with Gasteiger partial charge in [0.15, 0.2) is 5.41 Å². The highest BCUT2D eigenvalue weighted by atomic mass is 16.4. The number of carboxylic acid groups (broad SMARTS) is 2. The van der Waals surface area contributed by atoms with Crippen LogP contribution in [-0.2, 0) is 19.2 Å². The van der Waals surface area contributed by atoms with E-state index >= 15 is 0 Å². The van der Waals surface area contributed by atoms with Gasteiger partial charge in [0.05, 0.1) is 11.8 Å². The van der Waals surface area contributed by atoms with E-state index < -0.39 is 47.4 Å². The minimum absolute atomic E-state index is 0.101. The van der Waals surface area contributed by atoms with Crippen molar-refractivity contribution >= 4 is 23.8 Å². The Kier molecular flexibility index (Phi) is 4.39. The third-order valence-electron chi connectivity index (χ3n) is 4.85. The molecule has 5 N–H and O–H groups in total. The van der Waals surface area contributed by atoms with Gasteiger partial charge < -0.3 is 21.3 Å². The van der Waals surface area contributed by atoms with Crippen LogP contribution in [0, 0.1) is 17.3 Å². The Hall–Kier alpha value is -2.12. The molecule has 0 bridgehead atoms. The molecule has 2 amide bonds. The summed E-state index contributed by atoms with van der Waals surface area (Å²) in [4.78, 5) is 46.6. The minimum atomic E-state index is -2.12. The number of carbonyl (C=O) groups excluding carboxylic acids is 2. The Morgan fingerprint density at radius 2 is 1.64 bits per heavy atom. The molecule has 8 heteroatoms. The zero-order valence-electron chi connectivity index (χ0n) is 12.1. The van der Waals surface area contributed by atoms with E-state index in [1.165, 1.54) is 0 Å². The van der Waals surface area contributed by atoms with Crippen molar-refractivity contribution < 1.29 is 29.4 Å². The van der Waals surface area contributed by atoms with Crippen molar-refractivity contribution in [1.82, 2.24) is 5.32 Å². The maximum absolute atomic E-state index is 12.4. The van der Waals surface area contributed by atoms with Gasteiger partial charge in [0.2, 0.25) is 11.8 Å². The molecule has 2 rings (SSSR count). The van der Waals surface area contributed by atoms with Crippen molar-refractivity contribution in [1.29, 1.82) is 0 Å². The van der Waals surface area contributed by atoms with Crippen molar-refractivity contribution in [2.45, 2.75) is 44.6 Å². The number of hydrogen-bond donors (Lipinski definition) is 4. The molecule has 0 spiro atoms. The van der Waals surface area contributed by atoms with Gasteiger partial charge >= 0.3 is 11.9 Å². The predicted octanol–water partition coefficient (Wildman–Crippen LogP) is -0.288. The Bertz CT molecular complexity index is 497. The number of aliphatic carboxylic acids is 2. The SMILES string of the molecule is NC(=O)C1(C(=O)O)CC(C(=O)O)C1C(=O)NC1CCCCC1. The smallest absolute Gasteiger partial charge is 0.320 e. The van der Waals surface area contributed by atoms with Crippen LogP contribution in [-0.4, -0.2) is 40.0 Å². The molecule has 2 aliphatic carbocycles. The van der Waals surface area contributed by atoms with Gasteiger partial charge in [0.25, 0.3) is 0 Å². The molecule has 3 unspecified atom stereocenters. The van der Waals surface area contributed by atoms with Gasteiger partial charge in [-0.2, -0.15) is 0 Å². The first-order valence-electron chi connectivity index (χ1n) is 7.37. The lowest BCUT2D eigenvalue weighted by Gasteiger charge is -2.47. The summed E-state index contributed by atoms with van der Waals surface area (Å²) in [6.07, 6.45) is 4.08. The Labute approximate surface area is 127 Å². The maximum Gasteiger partial charge on any atom is 0.320 e. The van der Waals surface area contributed by atoms with E-state index in [9.17, 15) is 24.3 Å². The predicted molar refractivity (Wildman–Crippen MR) is 73.5 cm³/mol. The molecule has 0 heterocycles. The van der Waals surface area contributed by atoms with E-state index in [1.54, 1.807) is 0 Å². The molecule has 0 aromatic rings. The summed E-state index contributed by atoms with van der Waals surface area (Å²) in [7, 11) is 0. The summed E-state index contributed by atoms with van der Waals surface area (Å²) in [5.41, 5.74) is 3.04. The van der Waals surface area contributed by atoms with Crippen molar-refractivity contribution in [3.63, 3.8) is 0 Å². The molecule has 3 atom stereocenters. The second-order valence-electron chi connectivity index (χ2n) is 6.11. The lowest BCUT2D eigenvalue weighted by molar-refractivity contribution is -0.185. The van der Waals surface area contributed by atoms with Crippen LogP contribution in [0.5, 0.6) is 0 Å². The van der Waals surface area contributed by atoms with Crippen LogP contribution in [0.4, 0.5) is 0 Å². The summed E-state index contributed by atoms with van der Waals surface area (Å²) in [5.74, 6) is -7.36. The Morgan fingerprint density at radius 3 is 2.09 bits per heavy atom. The number of amides is 2. The van der Waals surface area contributed by atoms with Crippen LogP contribution in [0.1, 0.15) is 38.5 Å². The number of nitrogens with two attached hydrogens (primary N) is 1. The van der Waals surface area contributed by atoms with E-state index in [-0.39, 0.29) is 6.04 Å². The molecule has 2 saturated carbocycles. The number of carboxylic acids is 2. The van der Waals surface area contributed by atoms with Crippen molar-refractivity contribution in [3.05, 3.63) is 0 Å². The zero-order valence-corrected chi connectivity index (χ0v) is 12.1. The molecular weight excluding hydrogens is 292 g/mol. The van der Waals surface area contributed by atoms with Gasteiger partial charge in [-0.25, -0.2) is 0 Å². The second kappa shape index (κ2) is 5.94. The number of carbonyl (C=O) groups is 4. The topological polar surface area (TPSA) is 147 Å². The standard InChI is InChI=1S/C14H20N2O6/c15-12(20)14(13(21)22)6-8(11(18)19)9(14)10(17)16-7-4-2-1-3-5-7/h7-9H,1-6H2,(H2,15,20)(H,16,17)(H,18,19)(H,21,22). The fourth-order valence-corrected chi connectivity index (χ4v) is 3.53. The van der Waals surface area contributed by atoms with E-state index in [0.29, 0.717) is 0 Å². The molecular formula is C14H20N2O6. The monoisotopic (exact) mass is 312 g/mol. The van der Waals surface area contributed by atoms with Gasteiger partial charge in [-0.3, -0.25) is 19.2 Å². The highest BCUT2D eigenvalue weighted by Crippen LogP contribution is 2.51. The highest BCUT2D eigenvalue weighted by molar-refractivity contribution is 6.09. The van der Waals surface area contributed by atoms with Crippen molar-refractivity contribution in [2.75, 3.05) is 0 Å².